The molecule has 4 nitrogen and oxygen atoms in total. The summed E-state index contributed by atoms with van der Waals surface area (Å²) >= 11 is 1.58. The van der Waals surface area contributed by atoms with Crippen molar-refractivity contribution in [3.63, 3.8) is 0 Å². The minimum atomic E-state index is -3.00. The second kappa shape index (κ2) is 8.14. The van der Waals surface area contributed by atoms with E-state index in [0.717, 1.165) is 9.75 Å². The number of nitrogens with zero attached hydrogens (tertiary/aromatic N) is 1. The highest BCUT2D eigenvalue weighted by atomic mass is 32.1. The maximum Gasteiger partial charge on any atom is 0.387 e. The first kappa shape index (κ1) is 18.1. The van der Waals surface area contributed by atoms with Crippen LogP contribution in [0.4, 0.5) is 8.78 Å². The van der Waals surface area contributed by atoms with Crippen molar-refractivity contribution in [3.05, 3.63) is 75.9 Å². The van der Waals surface area contributed by atoms with Crippen LogP contribution in [0.3, 0.4) is 0 Å². The molecule has 0 aliphatic heterocycles. The molecule has 2 heterocycles. The van der Waals surface area contributed by atoms with Gasteiger partial charge in [0.05, 0.1) is 24.9 Å². The Hall–Kier alpha value is -2.67. The van der Waals surface area contributed by atoms with Crippen molar-refractivity contribution >= 4 is 17.2 Å². The quantitative estimate of drug-likeness (QED) is 0.576. The van der Waals surface area contributed by atoms with Crippen LogP contribution in [0, 0.1) is 6.92 Å². The molecule has 0 saturated carbocycles. The summed E-state index contributed by atoms with van der Waals surface area (Å²) in [5.41, 5.74) is 0.0904. The molecule has 0 aliphatic carbocycles. The summed E-state index contributed by atoms with van der Waals surface area (Å²) in [5, 5.41) is 0. The third kappa shape index (κ3) is 4.49. The minimum Gasteiger partial charge on any atom is -0.467 e. The maximum absolute atomic E-state index is 13.0. The molecule has 0 aliphatic rings. The molecular formula is C19H17F2NO3S. The highest BCUT2D eigenvalue weighted by Crippen LogP contribution is 2.25. The molecule has 3 rings (SSSR count). The number of thiophene rings is 1. The van der Waals surface area contributed by atoms with Crippen molar-refractivity contribution in [1.82, 2.24) is 4.90 Å². The topological polar surface area (TPSA) is 42.7 Å². The molecule has 136 valence electrons. The first-order valence-corrected chi connectivity index (χ1v) is 8.75. The van der Waals surface area contributed by atoms with E-state index in [2.05, 4.69) is 4.74 Å². The van der Waals surface area contributed by atoms with Gasteiger partial charge in [0.15, 0.2) is 0 Å². The van der Waals surface area contributed by atoms with Gasteiger partial charge in [-0.2, -0.15) is 8.78 Å². The van der Waals surface area contributed by atoms with Crippen LogP contribution in [0.5, 0.6) is 5.75 Å². The lowest BCUT2D eigenvalue weighted by Crippen LogP contribution is -2.30. The molecule has 1 amide bonds. The smallest absolute Gasteiger partial charge is 0.387 e. The summed E-state index contributed by atoms with van der Waals surface area (Å²) in [6.07, 6.45) is 1.53. The summed E-state index contributed by atoms with van der Waals surface area (Å²) in [6.45, 7) is -0.437. The van der Waals surface area contributed by atoms with E-state index >= 15 is 0 Å². The Labute approximate surface area is 153 Å². The first-order valence-electron chi connectivity index (χ1n) is 7.94. The van der Waals surface area contributed by atoms with E-state index in [4.69, 9.17) is 4.42 Å². The van der Waals surface area contributed by atoms with Gasteiger partial charge in [0, 0.05) is 9.75 Å². The fraction of sp³-hybridized carbons (Fsp3) is 0.211. The van der Waals surface area contributed by atoms with Crippen LogP contribution in [0.15, 0.2) is 59.2 Å². The minimum absolute atomic E-state index is 0.0904. The highest BCUT2D eigenvalue weighted by Gasteiger charge is 2.22. The molecule has 0 N–H and O–H groups in total. The van der Waals surface area contributed by atoms with E-state index in [9.17, 15) is 13.6 Å². The van der Waals surface area contributed by atoms with Gasteiger partial charge in [-0.15, -0.1) is 11.3 Å². The number of hydrogen-bond acceptors (Lipinski definition) is 4. The first-order chi connectivity index (χ1) is 12.5. The summed E-state index contributed by atoms with van der Waals surface area (Å²) in [7, 11) is 0. The number of halogens is 2. The molecule has 7 heteroatoms. The monoisotopic (exact) mass is 377 g/mol. The van der Waals surface area contributed by atoms with Crippen LogP contribution < -0.4 is 4.74 Å². The summed E-state index contributed by atoms with van der Waals surface area (Å²) in [4.78, 5) is 16.7. The summed E-state index contributed by atoms with van der Waals surface area (Å²) < 4.78 is 35.2. The van der Waals surface area contributed by atoms with Gasteiger partial charge in [-0.3, -0.25) is 4.79 Å². The standard InChI is InChI=1S/C19H17F2NO3S/c1-13-8-9-15(26-13)12-22(11-14-5-4-10-24-14)18(23)16-6-2-3-7-17(16)25-19(20)21/h2-10,19H,11-12H2,1H3. The van der Waals surface area contributed by atoms with Crippen LogP contribution in [0.25, 0.3) is 0 Å². The SMILES string of the molecule is Cc1ccc(CN(Cc2ccco2)C(=O)c2ccccc2OC(F)F)s1. The van der Waals surface area contributed by atoms with E-state index in [1.54, 1.807) is 40.5 Å². The fourth-order valence-electron chi connectivity index (χ4n) is 2.56. The molecule has 0 radical (unpaired) electrons. The second-order valence-electron chi connectivity index (χ2n) is 5.63. The lowest BCUT2D eigenvalue weighted by molar-refractivity contribution is -0.0503. The number of amides is 1. The average molecular weight is 377 g/mol. The molecule has 1 aromatic carbocycles. The Balaban J connectivity index is 1.89. The van der Waals surface area contributed by atoms with Crippen LogP contribution in [0.2, 0.25) is 0 Å². The van der Waals surface area contributed by atoms with E-state index in [0.29, 0.717) is 12.3 Å². The van der Waals surface area contributed by atoms with Crippen molar-refractivity contribution < 1.29 is 22.7 Å². The molecular weight excluding hydrogens is 360 g/mol. The van der Waals surface area contributed by atoms with Gasteiger partial charge in [-0.25, -0.2) is 0 Å². The van der Waals surface area contributed by atoms with Crippen LogP contribution in [-0.4, -0.2) is 17.4 Å². The third-order valence-corrected chi connectivity index (χ3v) is 4.68. The zero-order chi connectivity index (χ0) is 18.5. The number of benzene rings is 1. The van der Waals surface area contributed by atoms with E-state index in [-0.39, 0.29) is 17.9 Å². The number of furan rings is 1. The number of ether oxygens (including phenoxy) is 1. The van der Waals surface area contributed by atoms with Crippen LogP contribution in [-0.2, 0) is 13.1 Å². The predicted octanol–water partition coefficient (Wildman–Crippen LogP) is 5.09. The lowest BCUT2D eigenvalue weighted by atomic mass is 10.1. The number of para-hydroxylation sites is 1. The number of carbonyl (C=O) groups excluding carboxylic acids is 1. The Morgan fingerprint density at radius 3 is 2.62 bits per heavy atom. The van der Waals surface area contributed by atoms with Crippen LogP contribution >= 0.6 is 11.3 Å². The third-order valence-electron chi connectivity index (χ3n) is 3.69. The lowest BCUT2D eigenvalue weighted by Gasteiger charge is -2.22. The van der Waals surface area contributed by atoms with Gasteiger partial charge in [0.1, 0.15) is 11.5 Å². The number of hydrogen-bond donors (Lipinski definition) is 0. The van der Waals surface area contributed by atoms with E-state index < -0.39 is 12.5 Å². The van der Waals surface area contributed by atoms with Gasteiger partial charge >= 0.3 is 6.61 Å². The van der Waals surface area contributed by atoms with Gasteiger partial charge < -0.3 is 14.1 Å². The van der Waals surface area contributed by atoms with Crippen molar-refractivity contribution in [2.75, 3.05) is 0 Å². The van der Waals surface area contributed by atoms with Gasteiger partial charge in [0.2, 0.25) is 0 Å². The molecule has 3 aromatic rings. The number of aryl methyl sites for hydroxylation is 1. The summed E-state index contributed by atoms with van der Waals surface area (Å²) in [6, 6.07) is 13.4. The zero-order valence-electron chi connectivity index (χ0n) is 14.0. The molecule has 0 saturated heterocycles. The van der Waals surface area contributed by atoms with Gasteiger partial charge in [-0.05, 0) is 43.3 Å². The zero-order valence-corrected chi connectivity index (χ0v) is 14.8. The van der Waals surface area contributed by atoms with Gasteiger partial charge in [0.25, 0.3) is 5.91 Å². The molecule has 0 unspecified atom stereocenters. The van der Waals surface area contributed by atoms with Crippen molar-refractivity contribution in [3.8, 4) is 5.75 Å². The Morgan fingerprint density at radius 2 is 1.96 bits per heavy atom. The fourth-order valence-corrected chi connectivity index (χ4v) is 3.47. The second-order valence-corrected chi connectivity index (χ2v) is 7.00. The van der Waals surface area contributed by atoms with E-state index in [1.165, 1.54) is 18.4 Å². The normalized spacial score (nSPS) is 10.9. The Morgan fingerprint density at radius 1 is 1.15 bits per heavy atom. The largest absolute Gasteiger partial charge is 0.467 e. The van der Waals surface area contributed by atoms with Gasteiger partial charge in [-0.1, -0.05) is 12.1 Å². The molecule has 0 spiro atoms. The van der Waals surface area contributed by atoms with E-state index in [1.807, 2.05) is 19.1 Å². The Kier molecular flexibility index (Phi) is 5.68. The van der Waals surface area contributed by atoms with Crippen molar-refractivity contribution in [2.24, 2.45) is 0 Å². The maximum atomic E-state index is 13.0. The highest BCUT2D eigenvalue weighted by molar-refractivity contribution is 7.11. The average Bonchev–Trinajstić information content (AvgIpc) is 3.25. The van der Waals surface area contributed by atoms with Crippen molar-refractivity contribution in [1.29, 1.82) is 0 Å². The molecule has 2 aromatic heterocycles. The molecule has 0 fully saturated rings. The number of carbonyl (C=O) groups is 1. The summed E-state index contributed by atoms with van der Waals surface area (Å²) in [5.74, 6) is 0.0712. The van der Waals surface area contributed by atoms with Crippen molar-refractivity contribution in [2.45, 2.75) is 26.6 Å². The molecule has 26 heavy (non-hydrogen) atoms. The molecule has 0 atom stereocenters. The Bertz CT molecular complexity index is 861. The molecule has 0 bridgehead atoms. The number of alkyl halides is 2. The number of rotatable bonds is 7. The predicted molar refractivity (Wildman–Crippen MR) is 94.4 cm³/mol. The van der Waals surface area contributed by atoms with Crippen LogP contribution in [0.1, 0.15) is 25.9 Å².